The standard InChI is InChI=1S/C19H19N3O3S/c1-23-15-11-13(12-16(24-2)18(15)25-3)21-19-20-10-9-17(22-19)26-14-7-5-4-6-8-14/h4-12H,1-3H3,(H,20,21,22). The normalized spacial score (nSPS) is 10.3. The Kier molecular flexibility index (Phi) is 5.80. The van der Waals surface area contributed by atoms with Crippen LogP contribution in [-0.2, 0) is 0 Å². The number of hydrogen-bond donors (Lipinski definition) is 1. The molecule has 2 aromatic carbocycles. The number of anilines is 2. The molecule has 0 aliphatic heterocycles. The molecule has 0 atom stereocenters. The molecule has 134 valence electrons. The van der Waals surface area contributed by atoms with Gasteiger partial charge in [-0.15, -0.1) is 0 Å². The van der Waals surface area contributed by atoms with E-state index in [1.165, 1.54) is 0 Å². The third kappa shape index (κ3) is 4.18. The molecular formula is C19H19N3O3S. The van der Waals surface area contributed by atoms with Crippen molar-refractivity contribution >= 4 is 23.4 Å². The van der Waals surface area contributed by atoms with Gasteiger partial charge in [0.15, 0.2) is 11.5 Å². The molecule has 0 fully saturated rings. The van der Waals surface area contributed by atoms with Gasteiger partial charge in [-0.25, -0.2) is 9.97 Å². The third-order valence-corrected chi connectivity index (χ3v) is 4.46. The van der Waals surface area contributed by atoms with Crippen LogP contribution in [0, 0.1) is 0 Å². The van der Waals surface area contributed by atoms with Crippen LogP contribution in [0.4, 0.5) is 11.6 Å². The summed E-state index contributed by atoms with van der Waals surface area (Å²) in [4.78, 5) is 9.94. The van der Waals surface area contributed by atoms with Crippen molar-refractivity contribution in [2.24, 2.45) is 0 Å². The zero-order valence-electron chi connectivity index (χ0n) is 14.7. The lowest BCUT2D eigenvalue weighted by atomic mass is 10.2. The summed E-state index contributed by atoms with van der Waals surface area (Å²) in [5.41, 5.74) is 0.737. The Morgan fingerprint density at radius 3 is 2.19 bits per heavy atom. The van der Waals surface area contributed by atoms with Crippen molar-refractivity contribution in [2.45, 2.75) is 9.92 Å². The summed E-state index contributed by atoms with van der Waals surface area (Å²) in [6, 6.07) is 15.6. The number of ether oxygens (including phenoxy) is 3. The third-order valence-electron chi connectivity index (χ3n) is 3.52. The Labute approximate surface area is 156 Å². The summed E-state index contributed by atoms with van der Waals surface area (Å²) >= 11 is 1.57. The van der Waals surface area contributed by atoms with Gasteiger partial charge in [0.1, 0.15) is 5.03 Å². The predicted molar refractivity (Wildman–Crippen MR) is 102 cm³/mol. The molecule has 0 saturated carbocycles. The lowest BCUT2D eigenvalue weighted by Crippen LogP contribution is -2.00. The molecule has 7 heteroatoms. The van der Waals surface area contributed by atoms with E-state index >= 15 is 0 Å². The first-order valence-corrected chi connectivity index (χ1v) is 8.68. The first-order valence-electron chi connectivity index (χ1n) is 7.86. The van der Waals surface area contributed by atoms with Crippen LogP contribution in [0.5, 0.6) is 17.2 Å². The van der Waals surface area contributed by atoms with E-state index < -0.39 is 0 Å². The van der Waals surface area contributed by atoms with Gasteiger partial charge in [-0.3, -0.25) is 0 Å². The first kappa shape index (κ1) is 17.9. The van der Waals surface area contributed by atoms with E-state index in [2.05, 4.69) is 15.3 Å². The minimum atomic E-state index is 0.486. The van der Waals surface area contributed by atoms with Crippen LogP contribution in [0.15, 0.2) is 64.6 Å². The number of methoxy groups -OCH3 is 3. The minimum Gasteiger partial charge on any atom is -0.493 e. The van der Waals surface area contributed by atoms with E-state index in [0.29, 0.717) is 23.2 Å². The van der Waals surface area contributed by atoms with E-state index in [1.807, 2.05) is 48.5 Å². The van der Waals surface area contributed by atoms with E-state index in [1.54, 1.807) is 39.3 Å². The molecule has 3 rings (SSSR count). The van der Waals surface area contributed by atoms with Gasteiger partial charge in [-0.1, -0.05) is 30.0 Å². The maximum atomic E-state index is 5.37. The van der Waals surface area contributed by atoms with Gasteiger partial charge in [0.05, 0.1) is 21.3 Å². The monoisotopic (exact) mass is 369 g/mol. The van der Waals surface area contributed by atoms with Crippen LogP contribution in [-0.4, -0.2) is 31.3 Å². The van der Waals surface area contributed by atoms with Crippen molar-refractivity contribution in [3.05, 3.63) is 54.7 Å². The molecule has 1 N–H and O–H groups in total. The molecular weight excluding hydrogens is 350 g/mol. The van der Waals surface area contributed by atoms with Crippen molar-refractivity contribution in [1.82, 2.24) is 9.97 Å². The fourth-order valence-corrected chi connectivity index (χ4v) is 3.15. The van der Waals surface area contributed by atoms with Gasteiger partial charge in [0.25, 0.3) is 0 Å². The lowest BCUT2D eigenvalue weighted by molar-refractivity contribution is 0.324. The fraction of sp³-hybridized carbons (Fsp3) is 0.158. The van der Waals surface area contributed by atoms with Crippen molar-refractivity contribution in [1.29, 1.82) is 0 Å². The van der Waals surface area contributed by atoms with Crippen LogP contribution in [0.2, 0.25) is 0 Å². The number of aromatic nitrogens is 2. The van der Waals surface area contributed by atoms with Gasteiger partial charge in [0.2, 0.25) is 11.7 Å². The Bertz CT molecular complexity index is 850. The molecule has 0 amide bonds. The Balaban J connectivity index is 1.84. The van der Waals surface area contributed by atoms with Crippen LogP contribution >= 0.6 is 11.8 Å². The Hall–Kier alpha value is -2.93. The largest absolute Gasteiger partial charge is 0.493 e. The summed E-state index contributed by atoms with van der Waals surface area (Å²) in [6.45, 7) is 0. The highest BCUT2D eigenvalue weighted by Crippen LogP contribution is 2.40. The zero-order valence-corrected chi connectivity index (χ0v) is 15.5. The van der Waals surface area contributed by atoms with Crippen molar-refractivity contribution < 1.29 is 14.2 Å². The SMILES string of the molecule is COc1cc(Nc2nccc(Sc3ccccc3)n2)cc(OC)c1OC. The Morgan fingerprint density at radius 2 is 1.58 bits per heavy atom. The van der Waals surface area contributed by atoms with Gasteiger partial charge in [-0.2, -0.15) is 0 Å². The maximum Gasteiger partial charge on any atom is 0.228 e. The average molecular weight is 369 g/mol. The summed E-state index contributed by atoms with van der Waals surface area (Å²) in [5.74, 6) is 2.14. The molecule has 1 aromatic heterocycles. The van der Waals surface area contributed by atoms with Crippen molar-refractivity contribution in [3.8, 4) is 17.2 Å². The lowest BCUT2D eigenvalue weighted by Gasteiger charge is -2.14. The van der Waals surface area contributed by atoms with E-state index in [-0.39, 0.29) is 0 Å². The second-order valence-electron chi connectivity index (χ2n) is 5.17. The van der Waals surface area contributed by atoms with E-state index in [4.69, 9.17) is 14.2 Å². The summed E-state index contributed by atoms with van der Waals surface area (Å²) in [5, 5.41) is 4.03. The topological polar surface area (TPSA) is 65.5 Å². The predicted octanol–water partition coefficient (Wildman–Crippen LogP) is 4.40. The van der Waals surface area contributed by atoms with Crippen molar-refractivity contribution in [3.63, 3.8) is 0 Å². The fourth-order valence-electron chi connectivity index (χ4n) is 2.35. The van der Waals surface area contributed by atoms with E-state index in [9.17, 15) is 0 Å². The average Bonchev–Trinajstić information content (AvgIpc) is 2.68. The van der Waals surface area contributed by atoms with Gasteiger partial charge in [-0.05, 0) is 18.2 Å². The molecule has 0 radical (unpaired) electrons. The molecule has 3 aromatic rings. The van der Waals surface area contributed by atoms with E-state index in [0.717, 1.165) is 15.6 Å². The van der Waals surface area contributed by atoms with Gasteiger partial charge < -0.3 is 19.5 Å². The van der Waals surface area contributed by atoms with Gasteiger partial charge in [0, 0.05) is 28.9 Å². The van der Waals surface area contributed by atoms with Crippen LogP contribution in [0.25, 0.3) is 0 Å². The number of nitrogens with one attached hydrogen (secondary N) is 1. The molecule has 0 saturated heterocycles. The molecule has 0 spiro atoms. The number of nitrogens with zero attached hydrogens (tertiary/aromatic N) is 2. The second-order valence-corrected chi connectivity index (χ2v) is 6.27. The molecule has 0 unspecified atom stereocenters. The molecule has 0 aliphatic rings. The maximum absolute atomic E-state index is 5.37. The summed E-state index contributed by atoms with van der Waals surface area (Å²) in [7, 11) is 4.73. The highest BCUT2D eigenvalue weighted by atomic mass is 32.2. The first-order chi connectivity index (χ1) is 12.7. The molecule has 26 heavy (non-hydrogen) atoms. The molecule has 1 heterocycles. The van der Waals surface area contributed by atoms with Crippen molar-refractivity contribution in [2.75, 3.05) is 26.6 Å². The van der Waals surface area contributed by atoms with Crippen LogP contribution < -0.4 is 19.5 Å². The van der Waals surface area contributed by atoms with Crippen LogP contribution in [0.3, 0.4) is 0 Å². The number of benzene rings is 2. The second kappa shape index (κ2) is 8.44. The highest BCUT2D eigenvalue weighted by molar-refractivity contribution is 7.99. The zero-order chi connectivity index (χ0) is 18.4. The Morgan fingerprint density at radius 1 is 0.885 bits per heavy atom. The highest BCUT2D eigenvalue weighted by Gasteiger charge is 2.14. The van der Waals surface area contributed by atoms with Crippen LogP contribution in [0.1, 0.15) is 0 Å². The minimum absolute atomic E-state index is 0.486. The van der Waals surface area contributed by atoms with Gasteiger partial charge >= 0.3 is 0 Å². The summed E-state index contributed by atoms with van der Waals surface area (Å²) in [6.07, 6.45) is 1.72. The summed E-state index contributed by atoms with van der Waals surface area (Å²) < 4.78 is 16.1. The molecule has 0 bridgehead atoms. The number of rotatable bonds is 7. The molecule has 6 nitrogen and oxygen atoms in total. The number of hydrogen-bond acceptors (Lipinski definition) is 7. The quantitative estimate of drug-likeness (QED) is 0.619. The molecule has 0 aliphatic carbocycles. The smallest absolute Gasteiger partial charge is 0.228 e.